The molecule has 112 valence electrons. The molecule has 2 N–H and O–H groups in total. The predicted octanol–water partition coefficient (Wildman–Crippen LogP) is 4.55. The summed E-state index contributed by atoms with van der Waals surface area (Å²) in [4.78, 5) is 0. The van der Waals surface area contributed by atoms with Crippen molar-refractivity contribution >= 4 is 0 Å². The summed E-state index contributed by atoms with van der Waals surface area (Å²) in [6.45, 7) is 2.26. The van der Waals surface area contributed by atoms with E-state index in [4.69, 9.17) is 10.5 Å². The molecule has 1 aliphatic carbocycles. The number of methoxy groups -OCH3 is 1. The van der Waals surface area contributed by atoms with Crippen LogP contribution < -0.4 is 10.5 Å². The molecule has 1 aromatic rings. The maximum atomic E-state index is 6.75. The second kappa shape index (κ2) is 7.12. The lowest BCUT2D eigenvalue weighted by molar-refractivity contribution is 0.328. The molecule has 0 fully saturated rings. The molecule has 2 heteroatoms. The first-order valence-electron chi connectivity index (χ1n) is 8.16. The van der Waals surface area contributed by atoms with Crippen LogP contribution in [0.4, 0.5) is 0 Å². The average molecular weight is 275 g/mol. The molecule has 0 bridgehead atoms. The molecule has 0 saturated carbocycles. The van der Waals surface area contributed by atoms with Crippen LogP contribution in [0, 0.1) is 0 Å². The van der Waals surface area contributed by atoms with Crippen molar-refractivity contribution in [2.75, 3.05) is 7.11 Å². The van der Waals surface area contributed by atoms with E-state index in [9.17, 15) is 0 Å². The van der Waals surface area contributed by atoms with Crippen molar-refractivity contribution in [3.05, 3.63) is 29.3 Å². The summed E-state index contributed by atoms with van der Waals surface area (Å²) in [5.41, 5.74) is 9.38. The maximum Gasteiger partial charge on any atom is 0.119 e. The molecule has 2 rings (SSSR count). The highest BCUT2D eigenvalue weighted by Crippen LogP contribution is 2.38. The highest BCUT2D eigenvalue weighted by Gasteiger charge is 2.32. The molecule has 20 heavy (non-hydrogen) atoms. The number of benzene rings is 1. The van der Waals surface area contributed by atoms with Gasteiger partial charge in [0.25, 0.3) is 0 Å². The van der Waals surface area contributed by atoms with E-state index in [1.165, 1.54) is 49.7 Å². The molecule has 0 spiro atoms. The van der Waals surface area contributed by atoms with Gasteiger partial charge >= 0.3 is 0 Å². The van der Waals surface area contributed by atoms with Gasteiger partial charge in [-0.1, -0.05) is 45.1 Å². The predicted molar refractivity (Wildman–Crippen MR) is 85.2 cm³/mol. The minimum atomic E-state index is -0.131. The summed E-state index contributed by atoms with van der Waals surface area (Å²) in [6.07, 6.45) is 11.1. The van der Waals surface area contributed by atoms with Gasteiger partial charge in [0.15, 0.2) is 0 Å². The lowest BCUT2D eigenvalue weighted by Crippen LogP contribution is -2.40. The number of hydrogen-bond donors (Lipinski definition) is 1. The minimum Gasteiger partial charge on any atom is -0.497 e. The van der Waals surface area contributed by atoms with Gasteiger partial charge in [-0.15, -0.1) is 0 Å². The van der Waals surface area contributed by atoms with E-state index in [1.54, 1.807) is 7.11 Å². The van der Waals surface area contributed by atoms with Gasteiger partial charge in [0, 0.05) is 5.54 Å². The van der Waals surface area contributed by atoms with Crippen molar-refractivity contribution in [1.82, 2.24) is 0 Å². The Bertz CT molecular complexity index is 429. The molecule has 0 radical (unpaired) electrons. The zero-order valence-electron chi connectivity index (χ0n) is 13.1. The van der Waals surface area contributed by atoms with Crippen LogP contribution in [0.3, 0.4) is 0 Å². The van der Waals surface area contributed by atoms with Crippen LogP contribution in [0.15, 0.2) is 18.2 Å². The van der Waals surface area contributed by atoms with Crippen LogP contribution >= 0.6 is 0 Å². The molecule has 0 heterocycles. The van der Waals surface area contributed by atoms with Gasteiger partial charge < -0.3 is 10.5 Å². The Hall–Kier alpha value is -1.02. The Morgan fingerprint density at radius 3 is 2.75 bits per heavy atom. The molecular weight excluding hydrogens is 246 g/mol. The monoisotopic (exact) mass is 275 g/mol. The summed E-state index contributed by atoms with van der Waals surface area (Å²) >= 11 is 0. The summed E-state index contributed by atoms with van der Waals surface area (Å²) in [5, 5.41) is 0. The van der Waals surface area contributed by atoms with Crippen molar-refractivity contribution in [2.24, 2.45) is 5.73 Å². The Labute approximate surface area is 123 Å². The van der Waals surface area contributed by atoms with Crippen LogP contribution in [0.5, 0.6) is 5.75 Å². The largest absolute Gasteiger partial charge is 0.497 e. The fourth-order valence-electron chi connectivity index (χ4n) is 3.40. The number of rotatable bonds is 7. The fourth-order valence-corrected chi connectivity index (χ4v) is 3.40. The van der Waals surface area contributed by atoms with Crippen molar-refractivity contribution < 1.29 is 4.74 Å². The third-order valence-electron chi connectivity index (χ3n) is 4.65. The molecule has 1 unspecified atom stereocenters. The van der Waals surface area contributed by atoms with Gasteiger partial charge in [0.2, 0.25) is 0 Å². The smallest absolute Gasteiger partial charge is 0.119 e. The van der Waals surface area contributed by atoms with E-state index in [2.05, 4.69) is 25.1 Å². The number of aryl methyl sites for hydroxylation is 1. The summed E-state index contributed by atoms with van der Waals surface area (Å²) in [6, 6.07) is 6.43. The first kappa shape index (κ1) is 15.4. The molecule has 0 saturated heterocycles. The third kappa shape index (κ3) is 3.54. The van der Waals surface area contributed by atoms with Gasteiger partial charge in [-0.25, -0.2) is 0 Å². The van der Waals surface area contributed by atoms with Crippen molar-refractivity contribution in [1.29, 1.82) is 0 Å². The van der Waals surface area contributed by atoms with Crippen LogP contribution in [-0.2, 0) is 12.0 Å². The van der Waals surface area contributed by atoms with Gasteiger partial charge in [-0.3, -0.25) is 0 Å². The Morgan fingerprint density at radius 2 is 2.00 bits per heavy atom. The number of fused-ring (bicyclic) bond motifs is 1. The SMILES string of the molecule is CCCCCCCC1(N)CCCc2ccc(OC)cc21. The topological polar surface area (TPSA) is 35.2 Å². The van der Waals surface area contributed by atoms with Crippen LogP contribution in [0.1, 0.15) is 69.4 Å². The molecule has 0 aliphatic heterocycles. The minimum absolute atomic E-state index is 0.131. The molecule has 2 nitrogen and oxygen atoms in total. The van der Waals surface area contributed by atoms with Gasteiger partial charge in [0.05, 0.1) is 7.11 Å². The van der Waals surface area contributed by atoms with E-state index in [1.807, 2.05) is 0 Å². The number of nitrogens with two attached hydrogens (primary N) is 1. The van der Waals surface area contributed by atoms with Crippen LogP contribution in [0.2, 0.25) is 0 Å². The van der Waals surface area contributed by atoms with E-state index in [-0.39, 0.29) is 5.54 Å². The van der Waals surface area contributed by atoms with E-state index in [0.717, 1.165) is 25.0 Å². The van der Waals surface area contributed by atoms with Gasteiger partial charge in [0.1, 0.15) is 5.75 Å². The highest BCUT2D eigenvalue weighted by molar-refractivity contribution is 5.41. The van der Waals surface area contributed by atoms with E-state index in [0.29, 0.717) is 0 Å². The zero-order valence-corrected chi connectivity index (χ0v) is 13.1. The Morgan fingerprint density at radius 1 is 1.20 bits per heavy atom. The molecule has 0 amide bonds. The van der Waals surface area contributed by atoms with Crippen LogP contribution in [-0.4, -0.2) is 7.11 Å². The molecule has 1 atom stereocenters. The standard InChI is InChI=1S/C18H29NO/c1-3-4-5-6-7-12-18(19)13-8-9-15-10-11-16(20-2)14-17(15)18/h10-11,14H,3-9,12-13,19H2,1-2H3. The fraction of sp³-hybridized carbons (Fsp3) is 0.667. The van der Waals surface area contributed by atoms with Crippen LogP contribution in [0.25, 0.3) is 0 Å². The quantitative estimate of drug-likeness (QED) is 0.741. The summed E-state index contributed by atoms with van der Waals surface area (Å²) < 4.78 is 5.38. The average Bonchev–Trinajstić information content (AvgIpc) is 2.47. The van der Waals surface area contributed by atoms with Crippen molar-refractivity contribution in [2.45, 2.75) is 70.3 Å². The first-order valence-corrected chi connectivity index (χ1v) is 8.16. The first-order chi connectivity index (χ1) is 9.69. The van der Waals surface area contributed by atoms with Crippen molar-refractivity contribution in [3.8, 4) is 5.75 Å². The maximum absolute atomic E-state index is 6.75. The second-order valence-electron chi connectivity index (χ2n) is 6.20. The van der Waals surface area contributed by atoms with E-state index >= 15 is 0 Å². The van der Waals surface area contributed by atoms with Gasteiger partial charge in [-0.2, -0.15) is 0 Å². The number of hydrogen-bond acceptors (Lipinski definition) is 2. The normalized spacial score (nSPS) is 21.6. The molecular formula is C18H29NO. The lowest BCUT2D eigenvalue weighted by atomic mass is 9.74. The van der Waals surface area contributed by atoms with Gasteiger partial charge in [-0.05, 0) is 48.9 Å². The summed E-state index contributed by atoms with van der Waals surface area (Å²) in [7, 11) is 1.73. The zero-order chi connectivity index (χ0) is 14.4. The van der Waals surface area contributed by atoms with E-state index < -0.39 is 0 Å². The number of unbranched alkanes of at least 4 members (excludes halogenated alkanes) is 4. The highest BCUT2D eigenvalue weighted by atomic mass is 16.5. The second-order valence-corrected chi connectivity index (χ2v) is 6.20. The number of ether oxygens (including phenoxy) is 1. The lowest BCUT2D eigenvalue weighted by Gasteiger charge is -2.36. The third-order valence-corrected chi connectivity index (χ3v) is 4.65. The Kier molecular flexibility index (Phi) is 5.47. The van der Waals surface area contributed by atoms with Crippen molar-refractivity contribution in [3.63, 3.8) is 0 Å². The molecule has 1 aliphatic rings. The Balaban J connectivity index is 2.05. The molecule has 0 aromatic heterocycles. The summed E-state index contributed by atoms with van der Waals surface area (Å²) in [5.74, 6) is 0.937. The molecule has 1 aromatic carbocycles.